The Morgan fingerprint density at radius 1 is 1.30 bits per heavy atom. The molecule has 0 radical (unpaired) electrons. The standard InChI is InChI=1S/C16H25NO3/c1-3-15(17)16(2,7-8-18)12-5-6-13-14(11-12)20-10-4-9-19-13/h5-6,11,15,18H,3-4,7-10,17H2,1-2H3. The van der Waals surface area contributed by atoms with Crippen molar-refractivity contribution in [2.45, 2.75) is 44.6 Å². The van der Waals surface area contributed by atoms with E-state index in [0.717, 1.165) is 29.9 Å². The third-order valence-corrected chi connectivity index (χ3v) is 4.30. The van der Waals surface area contributed by atoms with E-state index in [2.05, 4.69) is 13.8 Å². The van der Waals surface area contributed by atoms with E-state index < -0.39 is 0 Å². The molecule has 1 heterocycles. The van der Waals surface area contributed by atoms with Crippen LogP contribution in [0.5, 0.6) is 11.5 Å². The molecular formula is C16H25NO3. The summed E-state index contributed by atoms with van der Waals surface area (Å²) in [6, 6.07) is 6.01. The van der Waals surface area contributed by atoms with Gasteiger partial charge in [0.05, 0.1) is 13.2 Å². The van der Waals surface area contributed by atoms with Crippen LogP contribution in [0.15, 0.2) is 18.2 Å². The van der Waals surface area contributed by atoms with Gasteiger partial charge >= 0.3 is 0 Å². The molecule has 2 atom stereocenters. The van der Waals surface area contributed by atoms with E-state index in [-0.39, 0.29) is 18.1 Å². The van der Waals surface area contributed by atoms with E-state index in [0.29, 0.717) is 19.6 Å². The summed E-state index contributed by atoms with van der Waals surface area (Å²) in [6.07, 6.45) is 2.40. The van der Waals surface area contributed by atoms with E-state index in [1.54, 1.807) is 0 Å². The van der Waals surface area contributed by atoms with Gasteiger partial charge in [-0.2, -0.15) is 0 Å². The fourth-order valence-corrected chi connectivity index (χ4v) is 2.75. The monoisotopic (exact) mass is 279 g/mol. The van der Waals surface area contributed by atoms with Gasteiger partial charge in [0.25, 0.3) is 0 Å². The Hall–Kier alpha value is -1.26. The summed E-state index contributed by atoms with van der Waals surface area (Å²) in [5, 5.41) is 9.38. The van der Waals surface area contributed by atoms with Crippen molar-refractivity contribution < 1.29 is 14.6 Å². The van der Waals surface area contributed by atoms with E-state index >= 15 is 0 Å². The van der Waals surface area contributed by atoms with Crippen LogP contribution in [0.2, 0.25) is 0 Å². The third kappa shape index (κ3) is 2.91. The molecule has 2 unspecified atom stereocenters. The highest BCUT2D eigenvalue weighted by atomic mass is 16.5. The minimum Gasteiger partial charge on any atom is -0.490 e. The summed E-state index contributed by atoms with van der Waals surface area (Å²) in [6.45, 7) is 5.67. The maximum atomic E-state index is 9.38. The molecule has 0 aromatic heterocycles. The number of aliphatic hydroxyl groups is 1. The first-order chi connectivity index (χ1) is 9.61. The molecule has 4 heteroatoms. The van der Waals surface area contributed by atoms with Crippen molar-refractivity contribution in [3.8, 4) is 11.5 Å². The van der Waals surface area contributed by atoms with Crippen molar-refractivity contribution in [2.24, 2.45) is 5.73 Å². The first-order valence-corrected chi connectivity index (χ1v) is 7.38. The lowest BCUT2D eigenvalue weighted by Gasteiger charge is -2.35. The molecule has 0 spiro atoms. The molecule has 1 aromatic carbocycles. The van der Waals surface area contributed by atoms with Crippen LogP contribution in [0, 0.1) is 0 Å². The van der Waals surface area contributed by atoms with Crippen molar-refractivity contribution in [3.63, 3.8) is 0 Å². The first-order valence-electron chi connectivity index (χ1n) is 7.38. The summed E-state index contributed by atoms with van der Waals surface area (Å²) in [7, 11) is 0. The predicted octanol–water partition coefficient (Wildman–Crippen LogP) is 2.23. The quantitative estimate of drug-likeness (QED) is 0.867. The molecule has 0 saturated carbocycles. The summed E-state index contributed by atoms with van der Waals surface area (Å²) >= 11 is 0. The van der Waals surface area contributed by atoms with Gasteiger partial charge in [-0.15, -0.1) is 0 Å². The van der Waals surface area contributed by atoms with Gasteiger partial charge in [-0.05, 0) is 30.5 Å². The molecule has 0 bridgehead atoms. The molecule has 0 aliphatic carbocycles. The first kappa shape index (κ1) is 15.1. The predicted molar refractivity (Wildman–Crippen MR) is 79.4 cm³/mol. The van der Waals surface area contributed by atoms with Crippen LogP contribution in [0.3, 0.4) is 0 Å². The highest BCUT2D eigenvalue weighted by Crippen LogP contribution is 2.38. The Morgan fingerprint density at radius 2 is 2.00 bits per heavy atom. The number of hydrogen-bond donors (Lipinski definition) is 2. The van der Waals surface area contributed by atoms with Gasteiger partial charge in [0.2, 0.25) is 0 Å². The molecule has 4 nitrogen and oxygen atoms in total. The molecule has 1 aromatic rings. The molecule has 1 aliphatic rings. The molecular weight excluding hydrogens is 254 g/mol. The Bertz CT molecular complexity index is 449. The van der Waals surface area contributed by atoms with Crippen LogP contribution < -0.4 is 15.2 Å². The zero-order valence-corrected chi connectivity index (χ0v) is 12.4. The SMILES string of the molecule is CCC(N)C(C)(CCO)c1ccc2c(c1)OCCCO2. The minimum absolute atomic E-state index is 0.000559. The van der Waals surface area contributed by atoms with Gasteiger partial charge in [-0.25, -0.2) is 0 Å². The van der Waals surface area contributed by atoms with Crippen molar-refractivity contribution in [2.75, 3.05) is 19.8 Å². The number of hydrogen-bond acceptors (Lipinski definition) is 4. The third-order valence-electron chi connectivity index (χ3n) is 4.30. The average molecular weight is 279 g/mol. The number of fused-ring (bicyclic) bond motifs is 1. The van der Waals surface area contributed by atoms with E-state index in [9.17, 15) is 5.11 Å². The summed E-state index contributed by atoms with van der Waals surface area (Å²) < 4.78 is 11.4. The fourth-order valence-electron chi connectivity index (χ4n) is 2.75. The van der Waals surface area contributed by atoms with Gasteiger partial charge in [-0.3, -0.25) is 0 Å². The average Bonchev–Trinajstić information content (AvgIpc) is 2.70. The zero-order chi connectivity index (χ0) is 14.6. The maximum Gasteiger partial charge on any atom is 0.161 e. The summed E-state index contributed by atoms with van der Waals surface area (Å²) in [5.74, 6) is 1.58. The molecule has 3 N–H and O–H groups in total. The second-order valence-electron chi connectivity index (χ2n) is 5.62. The number of aliphatic hydroxyl groups excluding tert-OH is 1. The van der Waals surface area contributed by atoms with E-state index in [1.165, 1.54) is 0 Å². The number of benzene rings is 1. The van der Waals surface area contributed by atoms with Crippen molar-refractivity contribution in [3.05, 3.63) is 23.8 Å². The Kier molecular flexibility index (Phi) is 4.89. The smallest absolute Gasteiger partial charge is 0.161 e. The van der Waals surface area contributed by atoms with Crippen LogP contribution in [0.1, 0.15) is 38.7 Å². The van der Waals surface area contributed by atoms with Gasteiger partial charge in [0.15, 0.2) is 11.5 Å². The van der Waals surface area contributed by atoms with E-state index in [4.69, 9.17) is 15.2 Å². The highest BCUT2D eigenvalue weighted by Gasteiger charge is 2.33. The van der Waals surface area contributed by atoms with Crippen LogP contribution in [0.25, 0.3) is 0 Å². The molecule has 20 heavy (non-hydrogen) atoms. The van der Waals surface area contributed by atoms with Crippen molar-refractivity contribution in [1.82, 2.24) is 0 Å². The minimum atomic E-state index is -0.256. The van der Waals surface area contributed by atoms with Gasteiger partial charge in [0.1, 0.15) is 0 Å². The number of ether oxygens (including phenoxy) is 2. The molecule has 112 valence electrons. The van der Waals surface area contributed by atoms with Gasteiger partial charge in [-0.1, -0.05) is 19.9 Å². The lowest BCUT2D eigenvalue weighted by molar-refractivity contribution is 0.222. The van der Waals surface area contributed by atoms with Crippen LogP contribution in [0.4, 0.5) is 0 Å². The van der Waals surface area contributed by atoms with Gasteiger partial charge in [0, 0.05) is 24.5 Å². The zero-order valence-electron chi connectivity index (χ0n) is 12.4. The second kappa shape index (κ2) is 6.46. The number of nitrogens with two attached hydrogens (primary N) is 1. The largest absolute Gasteiger partial charge is 0.490 e. The lowest BCUT2D eigenvalue weighted by Crippen LogP contribution is -2.43. The van der Waals surface area contributed by atoms with Crippen molar-refractivity contribution in [1.29, 1.82) is 0 Å². The highest BCUT2D eigenvalue weighted by molar-refractivity contribution is 5.46. The van der Waals surface area contributed by atoms with Crippen LogP contribution in [-0.4, -0.2) is 31.0 Å². The number of rotatable bonds is 5. The Balaban J connectivity index is 2.36. The Morgan fingerprint density at radius 3 is 2.65 bits per heavy atom. The molecule has 0 fully saturated rings. The van der Waals surface area contributed by atoms with Gasteiger partial charge < -0.3 is 20.3 Å². The second-order valence-corrected chi connectivity index (χ2v) is 5.62. The summed E-state index contributed by atoms with van der Waals surface area (Å²) in [4.78, 5) is 0. The summed E-state index contributed by atoms with van der Waals surface area (Å²) in [5.41, 5.74) is 7.14. The lowest BCUT2D eigenvalue weighted by atomic mass is 9.73. The Labute approximate surface area is 120 Å². The fraction of sp³-hybridized carbons (Fsp3) is 0.625. The normalized spacial score (nSPS) is 19.0. The van der Waals surface area contributed by atoms with Crippen molar-refractivity contribution >= 4 is 0 Å². The molecule has 2 rings (SSSR count). The van der Waals surface area contributed by atoms with Crippen LogP contribution >= 0.6 is 0 Å². The topological polar surface area (TPSA) is 64.7 Å². The van der Waals surface area contributed by atoms with E-state index in [1.807, 2.05) is 18.2 Å². The molecule has 0 amide bonds. The van der Waals surface area contributed by atoms with Crippen LogP contribution in [-0.2, 0) is 5.41 Å². The molecule has 0 saturated heterocycles. The maximum absolute atomic E-state index is 9.38. The molecule has 1 aliphatic heterocycles.